The first-order chi connectivity index (χ1) is 9.34. The average Bonchev–Trinajstić information content (AvgIpc) is 2.48. The van der Waals surface area contributed by atoms with E-state index in [9.17, 15) is 0 Å². The van der Waals surface area contributed by atoms with Crippen molar-refractivity contribution in [3.05, 3.63) is 35.4 Å². The molecule has 104 valence electrons. The fourth-order valence-electron chi connectivity index (χ4n) is 3.61. The summed E-state index contributed by atoms with van der Waals surface area (Å²) in [6.07, 6.45) is 7.18. The molecule has 0 bridgehead atoms. The van der Waals surface area contributed by atoms with Gasteiger partial charge in [-0.05, 0) is 36.8 Å². The predicted octanol–water partition coefficient (Wildman–Crippen LogP) is 4.53. The van der Waals surface area contributed by atoms with E-state index in [1.807, 2.05) is 0 Å². The molecule has 1 aliphatic carbocycles. The normalized spacial score (nSPS) is 25.8. The van der Waals surface area contributed by atoms with Crippen LogP contribution in [-0.2, 0) is 5.75 Å². The van der Waals surface area contributed by atoms with Crippen LogP contribution in [0.2, 0.25) is 0 Å². The van der Waals surface area contributed by atoms with Crippen molar-refractivity contribution in [1.29, 1.82) is 0 Å². The van der Waals surface area contributed by atoms with Crippen LogP contribution in [0.5, 0.6) is 0 Å². The Kier molecular flexibility index (Phi) is 4.49. The van der Waals surface area contributed by atoms with Crippen molar-refractivity contribution in [3.8, 4) is 0 Å². The summed E-state index contributed by atoms with van der Waals surface area (Å²) in [7, 11) is 0. The Hall–Kier alpha value is -0.470. The quantitative estimate of drug-likeness (QED) is 0.869. The van der Waals surface area contributed by atoms with Gasteiger partial charge in [-0.25, -0.2) is 0 Å². The molecule has 1 saturated carbocycles. The first kappa shape index (κ1) is 13.5. The summed E-state index contributed by atoms with van der Waals surface area (Å²) in [4.78, 5) is 0. The first-order valence-corrected chi connectivity index (χ1v) is 8.91. The molecular weight excluding hydrogens is 250 g/mol. The van der Waals surface area contributed by atoms with E-state index in [2.05, 4.69) is 48.3 Å². The van der Waals surface area contributed by atoms with E-state index in [4.69, 9.17) is 0 Å². The highest BCUT2D eigenvalue weighted by atomic mass is 32.2. The minimum Gasteiger partial charge on any atom is -0.306 e. The summed E-state index contributed by atoms with van der Waals surface area (Å²) in [6, 6.07) is 10.2. The maximum atomic E-state index is 3.92. The number of hydrogen-bond acceptors (Lipinski definition) is 2. The van der Waals surface area contributed by atoms with Crippen molar-refractivity contribution in [3.63, 3.8) is 0 Å². The van der Waals surface area contributed by atoms with Gasteiger partial charge in [0.25, 0.3) is 0 Å². The van der Waals surface area contributed by atoms with Crippen LogP contribution in [-0.4, -0.2) is 11.8 Å². The molecule has 1 aromatic carbocycles. The SMILES string of the molecule is CC(NC1CSCc2ccccc21)C1CCCCC1. The van der Waals surface area contributed by atoms with Crippen molar-refractivity contribution in [2.75, 3.05) is 5.75 Å². The lowest BCUT2D eigenvalue weighted by Gasteiger charge is -2.34. The van der Waals surface area contributed by atoms with Crippen molar-refractivity contribution < 1.29 is 0 Å². The van der Waals surface area contributed by atoms with E-state index in [0.29, 0.717) is 12.1 Å². The predicted molar refractivity (Wildman–Crippen MR) is 84.5 cm³/mol. The third kappa shape index (κ3) is 3.17. The lowest BCUT2D eigenvalue weighted by molar-refractivity contribution is 0.268. The first-order valence-electron chi connectivity index (χ1n) is 7.76. The monoisotopic (exact) mass is 275 g/mol. The average molecular weight is 275 g/mol. The summed E-state index contributed by atoms with van der Waals surface area (Å²) in [5.41, 5.74) is 3.08. The van der Waals surface area contributed by atoms with Gasteiger partial charge in [-0.1, -0.05) is 43.5 Å². The Morgan fingerprint density at radius 2 is 1.95 bits per heavy atom. The molecule has 1 N–H and O–H groups in total. The molecule has 3 rings (SSSR count). The van der Waals surface area contributed by atoms with Gasteiger partial charge in [-0.15, -0.1) is 0 Å². The number of rotatable bonds is 3. The second kappa shape index (κ2) is 6.32. The van der Waals surface area contributed by atoms with Gasteiger partial charge in [-0.2, -0.15) is 11.8 Å². The molecule has 1 fully saturated rings. The zero-order chi connectivity index (χ0) is 13.1. The van der Waals surface area contributed by atoms with Gasteiger partial charge in [-0.3, -0.25) is 0 Å². The Morgan fingerprint density at radius 3 is 2.79 bits per heavy atom. The molecule has 0 saturated heterocycles. The number of hydrogen-bond donors (Lipinski definition) is 1. The zero-order valence-corrected chi connectivity index (χ0v) is 12.7. The number of benzene rings is 1. The molecule has 1 aromatic rings. The highest BCUT2D eigenvalue weighted by molar-refractivity contribution is 7.98. The van der Waals surface area contributed by atoms with E-state index in [1.165, 1.54) is 49.2 Å². The lowest BCUT2D eigenvalue weighted by Crippen LogP contribution is -2.39. The smallest absolute Gasteiger partial charge is 0.0417 e. The molecule has 0 radical (unpaired) electrons. The summed E-state index contributed by atoms with van der Waals surface area (Å²) >= 11 is 2.07. The summed E-state index contributed by atoms with van der Waals surface area (Å²) < 4.78 is 0. The van der Waals surface area contributed by atoms with Crippen molar-refractivity contribution >= 4 is 11.8 Å². The summed E-state index contributed by atoms with van der Waals surface area (Å²) in [5, 5.41) is 3.92. The van der Waals surface area contributed by atoms with Crippen molar-refractivity contribution in [2.45, 2.75) is 56.9 Å². The van der Waals surface area contributed by atoms with Crippen molar-refractivity contribution in [2.24, 2.45) is 5.92 Å². The van der Waals surface area contributed by atoms with Gasteiger partial charge in [0.2, 0.25) is 0 Å². The lowest BCUT2D eigenvalue weighted by atomic mass is 9.84. The van der Waals surface area contributed by atoms with Crippen LogP contribution in [0.4, 0.5) is 0 Å². The van der Waals surface area contributed by atoms with Crippen LogP contribution in [0.1, 0.15) is 56.2 Å². The highest BCUT2D eigenvalue weighted by Crippen LogP contribution is 2.33. The molecule has 2 unspecified atom stereocenters. The molecule has 2 atom stereocenters. The molecular formula is C17H25NS. The second-order valence-corrected chi connectivity index (χ2v) is 7.15. The van der Waals surface area contributed by atoms with Gasteiger partial charge in [0, 0.05) is 23.6 Å². The summed E-state index contributed by atoms with van der Waals surface area (Å²) in [6.45, 7) is 2.40. The third-order valence-corrected chi connectivity index (χ3v) is 5.88. The Morgan fingerprint density at radius 1 is 1.16 bits per heavy atom. The molecule has 2 heteroatoms. The van der Waals surface area contributed by atoms with E-state index in [0.717, 1.165) is 5.92 Å². The van der Waals surface area contributed by atoms with Crippen LogP contribution < -0.4 is 5.32 Å². The fraction of sp³-hybridized carbons (Fsp3) is 0.647. The molecule has 0 aromatic heterocycles. The fourth-order valence-corrected chi connectivity index (χ4v) is 4.72. The third-order valence-electron chi connectivity index (χ3n) is 4.79. The van der Waals surface area contributed by atoms with E-state index in [-0.39, 0.29) is 0 Å². The number of fused-ring (bicyclic) bond motifs is 1. The van der Waals surface area contributed by atoms with Gasteiger partial charge >= 0.3 is 0 Å². The standard InChI is InChI=1S/C17H25NS/c1-13(14-7-3-2-4-8-14)18-17-12-19-11-15-9-5-6-10-16(15)17/h5-6,9-10,13-14,17-18H,2-4,7-8,11-12H2,1H3. The second-order valence-electron chi connectivity index (χ2n) is 6.12. The maximum Gasteiger partial charge on any atom is 0.0417 e. The van der Waals surface area contributed by atoms with E-state index >= 15 is 0 Å². The van der Waals surface area contributed by atoms with Gasteiger partial charge in [0.05, 0.1) is 0 Å². The van der Waals surface area contributed by atoms with Crippen LogP contribution in [0, 0.1) is 5.92 Å². The topological polar surface area (TPSA) is 12.0 Å². The minimum absolute atomic E-state index is 0.562. The minimum atomic E-state index is 0.562. The van der Waals surface area contributed by atoms with Crippen LogP contribution in [0.15, 0.2) is 24.3 Å². The zero-order valence-electron chi connectivity index (χ0n) is 11.9. The number of nitrogens with one attached hydrogen (secondary N) is 1. The highest BCUT2D eigenvalue weighted by Gasteiger charge is 2.25. The van der Waals surface area contributed by atoms with E-state index < -0.39 is 0 Å². The largest absolute Gasteiger partial charge is 0.306 e. The van der Waals surface area contributed by atoms with Gasteiger partial charge in [0.15, 0.2) is 0 Å². The number of thioether (sulfide) groups is 1. The Balaban J connectivity index is 1.66. The Bertz CT molecular complexity index is 411. The molecule has 1 aliphatic heterocycles. The van der Waals surface area contributed by atoms with Crippen LogP contribution in [0.3, 0.4) is 0 Å². The molecule has 19 heavy (non-hydrogen) atoms. The van der Waals surface area contributed by atoms with Crippen LogP contribution >= 0.6 is 11.8 Å². The summed E-state index contributed by atoms with van der Waals surface area (Å²) in [5.74, 6) is 3.31. The van der Waals surface area contributed by atoms with E-state index in [1.54, 1.807) is 5.56 Å². The molecule has 0 amide bonds. The molecule has 0 spiro atoms. The van der Waals surface area contributed by atoms with Gasteiger partial charge < -0.3 is 5.32 Å². The molecule has 1 nitrogen and oxygen atoms in total. The molecule has 1 heterocycles. The molecule has 2 aliphatic rings. The maximum absolute atomic E-state index is 3.92. The van der Waals surface area contributed by atoms with Crippen LogP contribution in [0.25, 0.3) is 0 Å². The van der Waals surface area contributed by atoms with Crippen molar-refractivity contribution in [1.82, 2.24) is 5.32 Å². The van der Waals surface area contributed by atoms with Gasteiger partial charge in [0.1, 0.15) is 0 Å². The Labute approximate surface area is 121 Å².